The van der Waals surface area contributed by atoms with E-state index in [1.807, 2.05) is 30.8 Å². The minimum atomic E-state index is -3.83. The second-order valence-electron chi connectivity index (χ2n) is 8.74. The lowest BCUT2D eigenvalue weighted by Gasteiger charge is -2.20. The van der Waals surface area contributed by atoms with Crippen LogP contribution in [0.25, 0.3) is 10.9 Å². The Morgan fingerprint density at radius 1 is 0.971 bits per heavy atom. The summed E-state index contributed by atoms with van der Waals surface area (Å²) in [4.78, 5) is 9.56. The predicted octanol–water partition coefficient (Wildman–Crippen LogP) is 3.99. The Morgan fingerprint density at radius 2 is 1.71 bits per heavy atom. The Bertz CT molecular complexity index is 1530. The average Bonchev–Trinajstić information content (AvgIpc) is 3.07. The Morgan fingerprint density at radius 3 is 2.50 bits per heavy atom. The molecule has 0 unspecified atom stereocenters. The summed E-state index contributed by atoms with van der Waals surface area (Å²) in [5.74, 6) is 1.15. The molecule has 10 heteroatoms. The van der Waals surface area contributed by atoms with Crippen LogP contribution in [0, 0.1) is 13.8 Å². The quantitative estimate of drug-likeness (QED) is 0.396. The molecule has 34 heavy (non-hydrogen) atoms. The molecule has 2 aromatic heterocycles. The number of primary sulfonamides is 1. The van der Waals surface area contributed by atoms with Crippen LogP contribution in [0.4, 0.5) is 23.1 Å². The Hall–Kier alpha value is -3.50. The largest absolute Gasteiger partial charge is 0.340 e. The number of fused-ring (bicyclic) bond motifs is 2. The maximum absolute atomic E-state index is 11.9. The van der Waals surface area contributed by atoms with E-state index in [1.54, 1.807) is 19.1 Å². The third-order valence-corrected chi connectivity index (χ3v) is 7.38. The van der Waals surface area contributed by atoms with E-state index in [-0.39, 0.29) is 4.90 Å². The minimum absolute atomic E-state index is 0.0766. The standard InChI is InChI=1S/C24H27N7O2S/c1-14-8-9-17(13-22(14)34(25,32)33)27-24-28-20-7-5-4-6-19(20)23(29-24)26-16-10-11-18-15(2)31(3)30-21(18)12-16/h8-13H,4-7H2,1-3H3,(H2,25,32,33)(H2,26,27,28,29). The Kier molecular flexibility index (Phi) is 5.49. The number of rotatable bonds is 5. The van der Waals surface area contributed by atoms with E-state index in [9.17, 15) is 8.42 Å². The van der Waals surface area contributed by atoms with Gasteiger partial charge in [0.2, 0.25) is 16.0 Å². The zero-order valence-electron chi connectivity index (χ0n) is 19.4. The summed E-state index contributed by atoms with van der Waals surface area (Å²) in [6.45, 7) is 3.76. The van der Waals surface area contributed by atoms with Gasteiger partial charge in [-0.3, -0.25) is 4.68 Å². The molecular weight excluding hydrogens is 450 g/mol. The van der Waals surface area contributed by atoms with Gasteiger partial charge in [-0.25, -0.2) is 18.5 Å². The van der Waals surface area contributed by atoms with Crippen molar-refractivity contribution >= 4 is 44.1 Å². The van der Waals surface area contributed by atoms with Gasteiger partial charge in [0, 0.05) is 35.1 Å². The minimum Gasteiger partial charge on any atom is -0.340 e. The van der Waals surface area contributed by atoms with Crippen molar-refractivity contribution in [2.45, 2.75) is 44.4 Å². The number of benzene rings is 2. The molecule has 0 saturated heterocycles. The van der Waals surface area contributed by atoms with Gasteiger partial charge in [-0.15, -0.1) is 0 Å². The molecule has 1 aliphatic rings. The van der Waals surface area contributed by atoms with Crippen LogP contribution in [0.1, 0.15) is 35.4 Å². The van der Waals surface area contributed by atoms with Crippen LogP contribution >= 0.6 is 0 Å². The molecular formula is C24H27N7O2S. The predicted molar refractivity (Wildman–Crippen MR) is 133 cm³/mol. The molecule has 0 radical (unpaired) electrons. The zero-order valence-corrected chi connectivity index (χ0v) is 20.2. The van der Waals surface area contributed by atoms with Gasteiger partial charge in [-0.05, 0) is 75.4 Å². The molecule has 4 aromatic rings. The Labute approximate surface area is 198 Å². The SMILES string of the molecule is Cc1ccc(Nc2nc3c(c(Nc4ccc5c(C)n(C)nc5c4)n2)CCCC3)cc1S(N)(=O)=O. The molecule has 2 heterocycles. The summed E-state index contributed by atoms with van der Waals surface area (Å²) < 4.78 is 25.7. The van der Waals surface area contributed by atoms with Crippen LogP contribution in [0.3, 0.4) is 0 Å². The Balaban J connectivity index is 1.51. The van der Waals surface area contributed by atoms with E-state index in [1.165, 1.54) is 6.07 Å². The first-order chi connectivity index (χ1) is 16.2. The van der Waals surface area contributed by atoms with Crippen molar-refractivity contribution in [2.75, 3.05) is 10.6 Å². The van der Waals surface area contributed by atoms with Crippen molar-refractivity contribution in [1.29, 1.82) is 0 Å². The smallest absolute Gasteiger partial charge is 0.238 e. The molecule has 0 bridgehead atoms. The fourth-order valence-electron chi connectivity index (χ4n) is 4.41. The number of hydrogen-bond donors (Lipinski definition) is 3. The summed E-state index contributed by atoms with van der Waals surface area (Å²) in [7, 11) is -1.89. The molecule has 4 N–H and O–H groups in total. The first kappa shape index (κ1) is 22.3. The number of nitrogens with one attached hydrogen (secondary N) is 2. The van der Waals surface area contributed by atoms with Crippen molar-refractivity contribution in [3.8, 4) is 0 Å². The van der Waals surface area contributed by atoms with Crippen LogP contribution in [0.2, 0.25) is 0 Å². The molecule has 5 rings (SSSR count). The lowest BCUT2D eigenvalue weighted by molar-refractivity contribution is 0.597. The van der Waals surface area contributed by atoms with E-state index < -0.39 is 10.0 Å². The van der Waals surface area contributed by atoms with E-state index in [4.69, 9.17) is 15.1 Å². The summed E-state index contributed by atoms with van der Waals surface area (Å²) in [6, 6.07) is 11.1. The van der Waals surface area contributed by atoms with Gasteiger partial charge in [0.15, 0.2) is 0 Å². The van der Waals surface area contributed by atoms with Crippen molar-refractivity contribution in [3.63, 3.8) is 0 Å². The van der Waals surface area contributed by atoms with Crippen molar-refractivity contribution in [2.24, 2.45) is 12.2 Å². The maximum atomic E-state index is 11.9. The molecule has 2 aromatic carbocycles. The number of nitrogens with two attached hydrogens (primary N) is 1. The first-order valence-electron chi connectivity index (χ1n) is 11.2. The molecule has 0 amide bonds. The van der Waals surface area contributed by atoms with Crippen LogP contribution in [0.15, 0.2) is 41.3 Å². The summed E-state index contributed by atoms with van der Waals surface area (Å²) in [5, 5.41) is 17.7. The normalized spacial score (nSPS) is 13.6. The number of aromatic nitrogens is 4. The fraction of sp³-hybridized carbons (Fsp3) is 0.292. The lowest BCUT2D eigenvalue weighted by atomic mass is 9.96. The first-order valence-corrected chi connectivity index (χ1v) is 12.7. The van der Waals surface area contributed by atoms with E-state index in [2.05, 4.69) is 21.8 Å². The molecule has 176 valence electrons. The fourth-order valence-corrected chi connectivity index (χ4v) is 5.22. The third-order valence-electron chi connectivity index (χ3n) is 6.33. The van der Waals surface area contributed by atoms with Gasteiger partial charge in [0.25, 0.3) is 0 Å². The van der Waals surface area contributed by atoms with Crippen LogP contribution in [0.5, 0.6) is 0 Å². The molecule has 1 aliphatic carbocycles. The molecule has 0 aliphatic heterocycles. The van der Waals surface area contributed by atoms with Gasteiger partial charge in [-0.2, -0.15) is 10.1 Å². The van der Waals surface area contributed by atoms with Crippen LogP contribution < -0.4 is 15.8 Å². The highest BCUT2D eigenvalue weighted by molar-refractivity contribution is 7.89. The lowest BCUT2D eigenvalue weighted by Crippen LogP contribution is -2.15. The highest BCUT2D eigenvalue weighted by Gasteiger charge is 2.19. The average molecular weight is 478 g/mol. The van der Waals surface area contributed by atoms with Gasteiger partial charge in [0.1, 0.15) is 5.82 Å². The van der Waals surface area contributed by atoms with E-state index >= 15 is 0 Å². The molecule has 0 saturated carbocycles. The van der Waals surface area contributed by atoms with Crippen molar-refractivity contribution in [1.82, 2.24) is 19.7 Å². The second kappa shape index (κ2) is 8.37. The maximum Gasteiger partial charge on any atom is 0.238 e. The molecule has 0 spiro atoms. The number of anilines is 4. The molecule has 0 fully saturated rings. The van der Waals surface area contributed by atoms with Gasteiger partial charge >= 0.3 is 0 Å². The summed E-state index contributed by atoms with van der Waals surface area (Å²) in [5.41, 5.74) is 6.19. The number of sulfonamides is 1. The zero-order chi connectivity index (χ0) is 24.0. The number of nitrogens with zero attached hydrogens (tertiary/aromatic N) is 4. The highest BCUT2D eigenvalue weighted by Crippen LogP contribution is 2.31. The van der Waals surface area contributed by atoms with Crippen LogP contribution in [-0.2, 0) is 29.9 Å². The molecule has 0 atom stereocenters. The number of hydrogen-bond acceptors (Lipinski definition) is 7. The number of aryl methyl sites for hydroxylation is 4. The highest BCUT2D eigenvalue weighted by atomic mass is 32.2. The molecule has 9 nitrogen and oxygen atoms in total. The van der Waals surface area contributed by atoms with Gasteiger partial charge < -0.3 is 10.6 Å². The monoisotopic (exact) mass is 477 g/mol. The second-order valence-corrected chi connectivity index (χ2v) is 10.3. The summed E-state index contributed by atoms with van der Waals surface area (Å²) >= 11 is 0. The van der Waals surface area contributed by atoms with Gasteiger partial charge in [-0.1, -0.05) is 6.07 Å². The van der Waals surface area contributed by atoms with Crippen LogP contribution in [-0.4, -0.2) is 28.2 Å². The summed E-state index contributed by atoms with van der Waals surface area (Å²) in [6.07, 6.45) is 3.94. The topological polar surface area (TPSA) is 128 Å². The van der Waals surface area contributed by atoms with Crippen molar-refractivity contribution < 1.29 is 8.42 Å². The van der Waals surface area contributed by atoms with Crippen molar-refractivity contribution in [3.05, 3.63) is 58.9 Å². The van der Waals surface area contributed by atoms with E-state index in [0.29, 0.717) is 17.2 Å². The van der Waals surface area contributed by atoms with E-state index in [0.717, 1.165) is 65.0 Å². The van der Waals surface area contributed by atoms with Gasteiger partial charge in [0.05, 0.1) is 16.1 Å². The third kappa shape index (κ3) is 4.22.